The summed E-state index contributed by atoms with van der Waals surface area (Å²) in [7, 11) is -13.0. The Kier molecular flexibility index (Phi) is 10.9. The highest BCUT2D eigenvalue weighted by Gasteiger charge is 2.63. The van der Waals surface area contributed by atoms with Crippen molar-refractivity contribution in [2.45, 2.75) is 55.2 Å². The van der Waals surface area contributed by atoms with Crippen molar-refractivity contribution >= 4 is 20.2 Å². The van der Waals surface area contributed by atoms with Crippen molar-refractivity contribution in [3.63, 3.8) is 0 Å². The molecule has 1 saturated heterocycles. The summed E-state index contributed by atoms with van der Waals surface area (Å²) in [5.41, 5.74) is -16.6. The molecule has 13 nitrogen and oxygen atoms in total. The van der Waals surface area contributed by atoms with Crippen LogP contribution in [0.4, 0.5) is 26.3 Å². The van der Waals surface area contributed by atoms with Crippen LogP contribution in [0.1, 0.15) is 22.9 Å². The molecule has 2 heterocycles. The van der Waals surface area contributed by atoms with Crippen LogP contribution < -0.4 is 11.2 Å². The Hall–Kier alpha value is -3.60. The van der Waals surface area contributed by atoms with Crippen molar-refractivity contribution < 1.29 is 65.8 Å². The van der Waals surface area contributed by atoms with E-state index in [4.69, 9.17) is 14.2 Å². The fourth-order valence-corrected chi connectivity index (χ4v) is 5.64. The number of rotatable bonds is 13. The van der Waals surface area contributed by atoms with Crippen molar-refractivity contribution in [2.24, 2.45) is 0 Å². The van der Waals surface area contributed by atoms with Gasteiger partial charge in [0.1, 0.15) is 18.3 Å². The quantitative estimate of drug-likeness (QED) is 0.156. The number of halogens is 6. The topological polar surface area (TPSA) is 169 Å². The summed E-state index contributed by atoms with van der Waals surface area (Å²) in [6.07, 6.45) is -6.42. The Labute approximate surface area is 268 Å². The monoisotopic (exact) mass is 732 g/mol. The van der Waals surface area contributed by atoms with E-state index in [-0.39, 0.29) is 12.2 Å². The van der Waals surface area contributed by atoms with Crippen molar-refractivity contribution in [1.29, 1.82) is 0 Å². The molecule has 1 N–H and O–H groups in total. The number of alkyl halides is 6. The Morgan fingerprint density at radius 2 is 1.38 bits per heavy atom. The van der Waals surface area contributed by atoms with Crippen LogP contribution in [0.5, 0.6) is 0 Å². The normalized spacial score (nSPS) is 22.2. The van der Waals surface area contributed by atoms with E-state index in [1.165, 1.54) is 24.3 Å². The maximum Gasteiger partial charge on any atom is 0.523 e. The molecular weight excluding hydrogens is 706 g/mol. The zero-order valence-corrected chi connectivity index (χ0v) is 26.1. The molecule has 0 amide bonds. The molecule has 1 aromatic heterocycles. The van der Waals surface area contributed by atoms with E-state index in [0.29, 0.717) is 15.7 Å². The SMILES string of the molecule is Cc1cn([C@@H]2O[C@@](COCc3ccccc3)(COS(=O)(=O)C(F)(F)F)C(OCc3ccccc3)C2OS(=O)(=O)C(F)(F)F)c(=O)[nH]c1=O. The Bertz CT molecular complexity index is 1900. The fourth-order valence-electron chi connectivity index (χ4n) is 4.55. The predicted octanol–water partition coefficient (Wildman–Crippen LogP) is 3.02. The molecule has 264 valence electrons. The molecule has 2 unspecified atom stereocenters. The fraction of sp³-hybridized carbons (Fsp3) is 0.407. The van der Waals surface area contributed by atoms with Gasteiger partial charge in [0.05, 0.1) is 19.8 Å². The van der Waals surface area contributed by atoms with E-state index in [2.05, 4.69) is 8.37 Å². The number of H-pyrrole nitrogens is 1. The number of aromatic amines is 1. The number of nitrogens with one attached hydrogen (secondary N) is 1. The number of benzene rings is 2. The molecule has 0 bridgehead atoms. The third kappa shape index (κ3) is 8.33. The molecular formula is C27H26F6N2O11S2. The highest BCUT2D eigenvalue weighted by Crippen LogP contribution is 2.44. The van der Waals surface area contributed by atoms with Crippen LogP contribution in [0.2, 0.25) is 0 Å². The van der Waals surface area contributed by atoms with E-state index in [1.54, 1.807) is 36.4 Å². The molecule has 48 heavy (non-hydrogen) atoms. The maximum absolute atomic E-state index is 13.6. The Morgan fingerprint density at radius 1 is 0.833 bits per heavy atom. The second kappa shape index (κ2) is 14.1. The summed E-state index contributed by atoms with van der Waals surface area (Å²) in [6, 6.07) is 15.5. The number of nitrogens with zero attached hydrogens (tertiary/aromatic N) is 1. The lowest BCUT2D eigenvalue weighted by Gasteiger charge is -2.34. The van der Waals surface area contributed by atoms with Gasteiger partial charge in [-0.2, -0.15) is 43.2 Å². The van der Waals surface area contributed by atoms with Crippen LogP contribution in [-0.4, -0.2) is 68.4 Å². The summed E-state index contributed by atoms with van der Waals surface area (Å²) in [5, 5.41) is 0. The van der Waals surface area contributed by atoms with Gasteiger partial charge in [-0.05, 0) is 18.1 Å². The lowest BCUT2D eigenvalue weighted by molar-refractivity contribution is -0.173. The zero-order valence-electron chi connectivity index (χ0n) is 24.4. The smallest absolute Gasteiger partial charge is 0.374 e. The third-order valence-corrected chi connectivity index (χ3v) is 8.90. The van der Waals surface area contributed by atoms with Crippen molar-refractivity contribution in [3.05, 3.63) is 104 Å². The van der Waals surface area contributed by atoms with Crippen LogP contribution in [0.3, 0.4) is 0 Å². The molecule has 2 aromatic carbocycles. The molecule has 4 atom stereocenters. The minimum atomic E-state index is -6.58. The highest BCUT2D eigenvalue weighted by atomic mass is 32.2. The summed E-state index contributed by atoms with van der Waals surface area (Å²) < 4.78 is 156. The number of aromatic nitrogens is 2. The lowest BCUT2D eigenvalue weighted by Crippen LogP contribution is -2.53. The second-order valence-corrected chi connectivity index (χ2v) is 13.5. The summed E-state index contributed by atoms with van der Waals surface area (Å²) in [5.74, 6) is 0. The van der Waals surface area contributed by atoms with Gasteiger partial charge in [0.25, 0.3) is 5.56 Å². The number of hydrogen-bond acceptors (Lipinski definition) is 11. The van der Waals surface area contributed by atoms with Gasteiger partial charge < -0.3 is 14.2 Å². The maximum atomic E-state index is 13.6. The average Bonchev–Trinajstić information content (AvgIpc) is 3.29. The minimum absolute atomic E-state index is 0.244. The van der Waals surface area contributed by atoms with E-state index < -0.39 is 86.4 Å². The van der Waals surface area contributed by atoms with E-state index in [1.807, 2.05) is 4.98 Å². The first kappa shape index (κ1) is 37.2. The van der Waals surface area contributed by atoms with Crippen molar-refractivity contribution in [3.8, 4) is 0 Å². The number of hydrogen-bond donors (Lipinski definition) is 1. The molecule has 0 radical (unpaired) electrons. The molecule has 0 spiro atoms. The molecule has 0 aliphatic carbocycles. The number of aryl methyl sites for hydroxylation is 1. The minimum Gasteiger partial charge on any atom is -0.374 e. The molecule has 21 heteroatoms. The van der Waals surface area contributed by atoms with Crippen LogP contribution in [0, 0.1) is 6.92 Å². The largest absolute Gasteiger partial charge is 0.523 e. The second-order valence-electron chi connectivity index (χ2n) is 10.4. The van der Waals surface area contributed by atoms with Crippen LogP contribution in [-0.2, 0) is 56.0 Å². The first-order valence-electron chi connectivity index (χ1n) is 13.5. The average molecular weight is 733 g/mol. The Morgan fingerprint density at radius 3 is 1.92 bits per heavy atom. The Balaban J connectivity index is 1.90. The van der Waals surface area contributed by atoms with Gasteiger partial charge >= 0.3 is 36.9 Å². The molecule has 1 aliphatic rings. The van der Waals surface area contributed by atoms with Gasteiger partial charge in [-0.3, -0.25) is 22.7 Å². The summed E-state index contributed by atoms with van der Waals surface area (Å²) in [4.78, 5) is 26.8. The standard InChI is InChI=1S/C27H26F6N2O11S2/c1-17-12-35(24(37)34-22(17)36)23-20(46-48(40,41)27(31,32)33)21(43-14-19-10-6-3-7-11-19)25(45-23,16-44-47(38,39)26(28,29)30)15-42-13-18-8-4-2-5-9-18/h2-12,20-21,23H,13-16H2,1H3,(H,34,36,37)/t20?,21?,23-,25+/m1/s1. The third-order valence-electron chi connectivity index (χ3n) is 6.87. The van der Waals surface area contributed by atoms with Crippen molar-refractivity contribution in [1.82, 2.24) is 9.55 Å². The van der Waals surface area contributed by atoms with Gasteiger partial charge in [0, 0.05) is 11.8 Å². The molecule has 3 aromatic rings. The first-order chi connectivity index (χ1) is 22.3. The summed E-state index contributed by atoms with van der Waals surface area (Å²) in [6.45, 7) is -2.47. The predicted molar refractivity (Wildman–Crippen MR) is 151 cm³/mol. The first-order valence-corrected chi connectivity index (χ1v) is 16.3. The molecule has 4 rings (SSSR count). The van der Waals surface area contributed by atoms with Gasteiger partial charge in [-0.25, -0.2) is 4.79 Å². The highest BCUT2D eigenvalue weighted by molar-refractivity contribution is 7.87. The molecule has 1 fully saturated rings. The van der Waals surface area contributed by atoms with E-state index >= 15 is 0 Å². The van der Waals surface area contributed by atoms with Crippen LogP contribution in [0.15, 0.2) is 76.4 Å². The van der Waals surface area contributed by atoms with Gasteiger partial charge in [-0.1, -0.05) is 60.7 Å². The zero-order chi connectivity index (χ0) is 35.5. The van der Waals surface area contributed by atoms with Gasteiger partial charge in [-0.15, -0.1) is 0 Å². The van der Waals surface area contributed by atoms with Crippen LogP contribution >= 0.6 is 0 Å². The van der Waals surface area contributed by atoms with Gasteiger partial charge in [0.2, 0.25) is 0 Å². The van der Waals surface area contributed by atoms with Crippen molar-refractivity contribution in [2.75, 3.05) is 13.2 Å². The number of ether oxygens (including phenoxy) is 3. The van der Waals surface area contributed by atoms with E-state index in [0.717, 1.165) is 13.1 Å². The summed E-state index contributed by atoms with van der Waals surface area (Å²) >= 11 is 0. The molecule has 0 saturated carbocycles. The lowest BCUT2D eigenvalue weighted by atomic mass is 9.96. The van der Waals surface area contributed by atoms with E-state index in [9.17, 15) is 52.8 Å². The van der Waals surface area contributed by atoms with Gasteiger partial charge in [0.15, 0.2) is 12.3 Å². The van der Waals surface area contributed by atoms with Crippen LogP contribution in [0.25, 0.3) is 0 Å². The molecule has 1 aliphatic heterocycles.